The van der Waals surface area contributed by atoms with Crippen LogP contribution in [-0.2, 0) is 5.41 Å². The van der Waals surface area contributed by atoms with Crippen LogP contribution in [0.1, 0.15) is 39.2 Å². The molecular weight excluding hydrogens is 262 g/mol. The maximum Gasteiger partial charge on any atom is 0.0406 e. The van der Waals surface area contributed by atoms with Crippen molar-refractivity contribution in [2.75, 3.05) is 18.0 Å². The molecule has 16 heavy (non-hydrogen) atoms. The number of fused-ring (bicyclic) bond motifs is 1. The van der Waals surface area contributed by atoms with Crippen LogP contribution < -0.4 is 4.90 Å². The molecule has 0 unspecified atom stereocenters. The van der Waals surface area contributed by atoms with Gasteiger partial charge in [0.25, 0.3) is 0 Å². The molecular formula is C14H20BrN. The second-order valence-corrected chi connectivity index (χ2v) is 5.58. The summed E-state index contributed by atoms with van der Waals surface area (Å²) in [6.07, 6.45) is 2.45. The van der Waals surface area contributed by atoms with Crippen molar-refractivity contribution in [2.45, 2.75) is 39.0 Å². The van der Waals surface area contributed by atoms with Gasteiger partial charge in [0.05, 0.1) is 0 Å². The van der Waals surface area contributed by atoms with Crippen LogP contribution in [0.15, 0.2) is 22.7 Å². The van der Waals surface area contributed by atoms with Crippen molar-refractivity contribution in [2.24, 2.45) is 0 Å². The Morgan fingerprint density at radius 1 is 1.25 bits per heavy atom. The van der Waals surface area contributed by atoms with E-state index in [-0.39, 0.29) is 0 Å². The highest BCUT2D eigenvalue weighted by Crippen LogP contribution is 2.45. The Morgan fingerprint density at radius 2 is 1.94 bits per heavy atom. The topological polar surface area (TPSA) is 3.24 Å². The molecule has 1 aromatic rings. The predicted octanol–water partition coefficient (Wildman–Crippen LogP) is 4.35. The first-order valence-electron chi connectivity index (χ1n) is 6.22. The lowest BCUT2D eigenvalue weighted by Crippen LogP contribution is -2.32. The molecule has 1 aliphatic rings. The van der Waals surface area contributed by atoms with Gasteiger partial charge >= 0.3 is 0 Å². The molecule has 0 fully saturated rings. The second kappa shape index (κ2) is 4.40. The molecule has 88 valence electrons. The normalized spacial score (nSPS) is 17.6. The summed E-state index contributed by atoms with van der Waals surface area (Å²) in [5.41, 5.74) is 3.35. The van der Waals surface area contributed by atoms with Gasteiger partial charge in [-0.3, -0.25) is 0 Å². The van der Waals surface area contributed by atoms with Crippen LogP contribution in [0.3, 0.4) is 0 Å². The number of anilines is 1. The minimum Gasteiger partial charge on any atom is -0.371 e. The molecule has 0 aliphatic carbocycles. The first-order valence-corrected chi connectivity index (χ1v) is 7.01. The summed E-state index contributed by atoms with van der Waals surface area (Å²) in [5.74, 6) is 0. The molecule has 1 nitrogen and oxygen atoms in total. The zero-order chi connectivity index (χ0) is 11.8. The first kappa shape index (κ1) is 12.0. The standard InChI is InChI=1S/C14H20BrN/c1-4-14(5-2)10-16(6-3)13-8-7-11(15)9-12(13)14/h7-9H,4-6,10H2,1-3H3. The summed E-state index contributed by atoms with van der Waals surface area (Å²) in [7, 11) is 0. The van der Waals surface area contributed by atoms with Gasteiger partial charge in [0, 0.05) is 28.7 Å². The Kier molecular flexibility index (Phi) is 3.29. The highest BCUT2D eigenvalue weighted by Gasteiger charge is 2.39. The van der Waals surface area contributed by atoms with Gasteiger partial charge in [0.15, 0.2) is 0 Å². The number of nitrogens with zero attached hydrogens (tertiary/aromatic N) is 1. The smallest absolute Gasteiger partial charge is 0.0406 e. The van der Waals surface area contributed by atoms with Gasteiger partial charge in [-0.05, 0) is 43.5 Å². The summed E-state index contributed by atoms with van der Waals surface area (Å²) in [4.78, 5) is 2.51. The van der Waals surface area contributed by atoms with Crippen molar-refractivity contribution in [1.82, 2.24) is 0 Å². The zero-order valence-corrected chi connectivity index (χ0v) is 12.0. The van der Waals surface area contributed by atoms with Gasteiger partial charge < -0.3 is 4.90 Å². The van der Waals surface area contributed by atoms with E-state index in [9.17, 15) is 0 Å². The van der Waals surface area contributed by atoms with E-state index in [4.69, 9.17) is 0 Å². The third-order valence-corrected chi connectivity index (χ3v) is 4.59. The van der Waals surface area contributed by atoms with Crippen molar-refractivity contribution in [1.29, 1.82) is 0 Å². The molecule has 2 heteroatoms. The highest BCUT2D eigenvalue weighted by molar-refractivity contribution is 9.10. The average Bonchev–Trinajstić information content (AvgIpc) is 2.63. The number of benzene rings is 1. The van der Waals surface area contributed by atoms with Crippen LogP contribution in [0.4, 0.5) is 5.69 Å². The van der Waals surface area contributed by atoms with Crippen LogP contribution in [0, 0.1) is 0 Å². The predicted molar refractivity (Wildman–Crippen MR) is 74.3 cm³/mol. The Morgan fingerprint density at radius 3 is 2.50 bits per heavy atom. The molecule has 2 rings (SSSR count). The van der Waals surface area contributed by atoms with E-state index >= 15 is 0 Å². The Bertz CT molecular complexity index is 382. The Labute approximate surface area is 107 Å². The lowest BCUT2D eigenvalue weighted by Gasteiger charge is -2.28. The van der Waals surface area contributed by atoms with E-state index in [0.29, 0.717) is 5.41 Å². The fourth-order valence-corrected chi connectivity index (χ4v) is 3.24. The highest BCUT2D eigenvalue weighted by atomic mass is 79.9. The van der Waals surface area contributed by atoms with E-state index in [1.165, 1.54) is 35.1 Å². The van der Waals surface area contributed by atoms with Crippen LogP contribution in [-0.4, -0.2) is 13.1 Å². The molecule has 1 aromatic carbocycles. The van der Waals surface area contributed by atoms with Crippen LogP contribution in [0.2, 0.25) is 0 Å². The van der Waals surface area contributed by atoms with E-state index in [1.54, 1.807) is 0 Å². The number of rotatable bonds is 3. The van der Waals surface area contributed by atoms with Gasteiger partial charge in [-0.2, -0.15) is 0 Å². The molecule has 0 N–H and O–H groups in total. The number of hydrogen-bond acceptors (Lipinski definition) is 1. The van der Waals surface area contributed by atoms with Crippen molar-refractivity contribution < 1.29 is 0 Å². The van der Waals surface area contributed by atoms with E-state index < -0.39 is 0 Å². The molecule has 0 bridgehead atoms. The summed E-state index contributed by atoms with van der Waals surface area (Å²) in [6.45, 7) is 9.16. The summed E-state index contributed by atoms with van der Waals surface area (Å²) in [6, 6.07) is 6.73. The molecule has 1 aliphatic heterocycles. The zero-order valence-electron chi connectivity index (χ0n) is 10.4. The molecule has 0 spiro atoms. The molecule has 0 amide bonds. The molecule has 0 radical (unpaired) electrons. The quantitative estimate of drug-likeness (QED) is 0.796. The third-order valence-electron chi connectivity index (χ3n) is 4.10. The number of likely N-dealkylation sites (N-methyl/N-ethyl adjacent to an activating group) is 1. The van der Waals surface area contributed by atoms with E-state index in [0.717, 1.165) is 6.54 Å². The molecule has 1 heterocycles. The van der Waals surface area contributed by atoms with Crippen LogP contribution in [0.5, 0.6) is 0 Å². The largest absolute Gasteiger partial charge is 0.371 e. The van der Waals surface area contributed by atoms with Crippen molar-refractivity contribution in [3.63, 3.8) is 0 Å². The first-order chi connectivity index (χ1) is 7.66. The number of hydrogen-bond donors (Lipinski definition) is 0. The molecule has 0 aromatic heterocycles. The van der Waals surface area contributed by atoms with Gasteiger partial charge in [-0.25, -0.2) is 0 Å². The van der Waals surface area contributed by atoms with Crippen LogP contribution in [0.25, 0.3) is 0 Å². The molecule has 0 saturated heterocycles. The van der Waals surface area contributed by atoms with Gasteiger partial charge in [0.1, 0.15) is 0 Å². The van der Waals surface area contributed by atoms with Gasteiger partial charge in [0.2, 0.25) is 0 Å². The molecule has 0 atom stereocenters. The fraction of sp³-hybridized carbons (Fsp3) is 0.571. The lowest BCUT2D eigenvalue weighted by molar-refractivity contribution is 0.421. The van der Waals surface area contributed by atoms with Gasteiger partial charge in [-0.15, -0.1) is 0 Å². The summed E-state index contributed by atoms with van der Waals surface area (Å²) < 4.78 is 1.20. The second-order valence-electron chi connectivity index (χ2n) is 4.66. The maximum atomic E-state index is 3.60. The van der Waals surface area contributed by atoms with Gasteiger partial charge in [-0.1, -0.05) is 29.8 Å². The Balaban J connectivity index is 2.54. The SMILES string of the molecule is CCN1CC(CC)(CC)c2cc(Br)ccc21. The van der Waals surface area contributed by atoms with Crippen molar-refractivity contribution in [3.8, 4) is 0 Å². The fourth-order valence-electron chi connectivity index (χ4n) is 2.88. The van der Waals surface area contributed by atoms with E-state index in [2.05, 4.69) is 59.8 Å². The minimum absolute atomic E-state index is 0.370. The lowest BCUT2D eigenvalue weighted by atomic mass is 9.78. The van der Waals surface area contributed by atoms with Crippen LogP contribution >= 0.6 is 15.9 Å². The monoisotopic (exact) mass is 281 g/mol. The number of halogens is 1. The molecule has 0 saturated carbocycles. The summed E-state index contributed by atoms with van der Waals surface area (Å²) >= 11 is 3.60. The Hall–Kier alpha value is -0.500. The average molecular weight is 282 g/mol. The van der Waals surface area contributed by atoms with E-state index in [1.807, 2.05) is 0 Å². The minimum atomic E-state index is 0.370. The summed E-state index contributed by atoms with van der Waals surface area (Å²) in [5, 5.41) is 0. The van der Waals surface area contributed by atoms with Crippen molar-refractivity contribution >= 4 is 21.6 Å². The third kappa shape index (κ3) is 1.67. The van der Waals surface area contributed by atoms with Crippen molar-refractivity contribution in [3.05, 3.63) is 28.2 Å². The maximum absolute atomic E-state index is 3.60.